The highest BCUT2D eigenvalue weighted by atomic mass is 32.2. The van der Waals surface area contributed by atoms with Gasteiger partial charge in [-0.1, -0.05) is 6.92 Å². The van der Waals surface area contributed by atoms with Crippen LogP contribution in [-0.2, 0) is 23.8 Å². The first-order valence-electron chi connectivity index (χ1n) is 7.26. The van der Waals surface area contributed by atoms with Gasteiger partial charge in [0.05, 0.1) is 11.0 Å². The molecule has 20 heavy (non-hydrogen) atoms. The minimum atomic E-state index is -3.61. The van der Waals surface area contributed by atoms with Gasteiger partial charge in [0.1, 0.15) is 11.4 Å². The van der Waals surface area contributed by atoms with Crippen LogP contribution in [0.1, 0.15) is 47.0 Å². The van der Waals surface area contributed by atoms with Crippen LogP contribution in [-0.4, -0.2) is 31.3 Å². The lowest BCUT2D eigenvalue weighted by molar-refractivity contribution is -0.162. The maximum Gasteiger partial charge on any atom is 0.311 e. The van der Waals surface area contributed by atoms with Crippen molar-refractivity contribution in [1.82, 2.24) is 0 Å². The molecule has 3 rings (SSSR count). The van der Waals surface area contributed by atoms with Crippen molar-refractivity contribution in [2.24, 2.45) is 17.3 Å². The minimum absolute atomic E-state index is 0.0277. The number of carbonyl (C=O) groups is 1. The van der Waals surface area contributed by atoms with Crippen LogP contribution >= 0.6 is 0 Å². The third-order valence-corrected chi connectivity index (χ3v) is 7.39. The molecule has 0 spiro atoms. The van der Waals surface area contributed by atoms with Gasteiger partial charge in [-0.2, -0.15) is 8.42 Å². The summed E-state index contributed by atoms with van der Waals surface area (Å²) in [5, 5.41) is -0.664. The molecule has 5 atom stereocenters. The van der Waals surface area contributed by atoms with Gasteiger partial charge in [0.25, 0.3) is 10.1 Å². The smallest absolute Gasteiger partial charge is 0.311 e. The van der Waals surface area contributed by atoms with Crippen LogP contribution in [0.3, 0.4) is 0 Å². The monoisotopic (exact) mass is 302 g/mol. The van der Waals surface area contributed by atoms with Crippen molar-refractivity contribution in [2.45, 2.75) is 63.9 Å². The summed E-state index contributed by atoms with van der Waals surface area (Å²) in [5.74, 6) is -0.217. The molecule has 1 saturated heterocycles. The van der Waals surface area contributed by atoms with E-state index in [1.165, 1.54) is 0 Å². The Hall–Kier alpha value is -0.620. The zero-order valence-corrected chi connectivity index (χ0v) is 13.2. The largest absolute Gasteiger partial charge is 0.460 e. The zero-order valence-electron chi connectivity index (χ0n) is 12.4. The van der Waals surface area contributed by atoms with E-state index in [-0.39, 0.29) is 17.8 Å². The average molecular weight is 302 g/mol. The van der Waals surface area contributed by atoms with Gasteiger partial charge in [-0.25, -0.2) is 0 Å². The van der Waals surface area contributed by atoms with Gasteiger partial charge < -0.3 is 4.74 Å². The summed E-state index contributed by atoms with van der Waals surface area (Å²) in [7, 11) is -3.61. The molecule has 5 nitrogen and oxygen atoms in total. The molecule has 3 aliphatic rings. The van der Waals surface area contributed by atoms with Gasteiger partial charge >= 0.3 is 5.97 Å². The van der Waals surface area contributed by atoms with Crippen LogP contribution in [0.15, 0.2) is 0 Å². The quantitative estimate of drug-likeness (QED) is 0.588. The number of rotatable bonds is 3. The Balaban J connectivity index is 1.86. The first-order chi connectivity index (χ1) is 9.11. The Morgan fingerprint density at radius 3 is 2.70 bits per heavy atom. The fraction of sp³-hybridized carbons (Fsp3) is 0.929. The number of esters is 1. The van der Waals surface area contributed by atoms with Gasteiger partial charge in [-0.15, -0.1) is 0 Å². The molecule has 0 aromatic rings. The van der Waals surface area contributed by atoms with Gasteiger partial charge in [-0.3, -0.25) is 8.98 Å². The molecule has 114 valence electrons. The number of ether oxygens (including phenoxy) is 1. The molecule has 5 unspecified atom stereocenters. The number of hydrogen-bond donors (Lipinski definition) is 0. The number of carbonyl (C=O) groups excluding carboxylic acids is 1. The second-order valence-electron chi connectivity index (χ2n) is 7.27. The third-order valence-electron chi connectivity index (χ3n) is 5.51. The van der Waals surface area contributed by atoms with E-state index in [1.54, 1.807) is 0 Å². The molecule has 0 aromatic heterocycles. The van der Waals surface area contributed by atoms with Crippen LogP contribution < -0.4 is 0 Å². The molecule has 3 fully saturated rings. The highest BCUT2D eigenvalue weighted by molar-refractivity contribution is 7.87. The predicted octanol–water partition coefficient (Wildman–Crippen LogP) is 1.86. The molecular weight excluding hydrogens is 280 g/mol. The molecule has 2 saturated carbocycles. The summed E-state index contributed by atoms with van der Waals surface area (Å²) in [6.07, 6.45) is 1.58. The Bertz CT molecular complexity index is 552. The summed E-state index contributed by atoms with van der Waals surface area (Å²) >= 11 is 0. The van der Waals surface area contributed by atoms with Crippen molar-refractivity contribution in [3.8, 4) is 0 Å². The van der Waals surface area contributed by atoms with Crippen molar-refractivity contribution >= 4 is 16.1 Å². The Morgan fingerprint density at radius 2 is 2.10 bits per heavy atom. The van der Waals surface area contributed by atoms with Crippen LogP contribution in [0.25, 0.3) is 0 Å². The lowest BCUT2D eigenvalue weighted by atomic mass is 9.84. The van der Waals surface area contributed by atoms with E-state index in [9.17, 15) is 13.2 Å². The summed E-state index contributed by atoms with van der Waals surface area (Å²) in [6, 6.07) is 0. The molecule has 2 bridgehead atoms. The molecule has 0 aromatic carbocycles. The van der Waals surface area contributed by atoms with E-state index in [1.807, 2.05) is 27.7 Å². The lowest BCUT2D eigenvalue weighted by Gasteiger charge is -2.32. The fourth-order valence-electron chi connectivity index (χ4n) is 3.93. The van der Waals surface area contributed by atoms with Gasteiger partial charge in [-0.05, 0) is 40.0 Å². The van der Waals surface area contributed by atoms with Crippen molar-refractivity contribution < 1.29 is 22.1 Å². The fourth-order valence-corrected chi connectivity index (χ4v) is 6.17. The van der Waals surface area contributed by atoms with E-state index < -0.39 is 32.5 Å². The van der Waals surface area contributed by atoms with Crippen LogP contribution in [0.5, 0.6) is 0 Å². The van der Waals surface area contributed by atoms with Gasteiger partial charge in [0.15, 0.2) is 0 Å². The number of fused-ring (bicyclic) bond motifs is 1. The summed E-state index contributed by atoms with van der Waals surface area (Å²) in [5.41, 5.74) is -1.15. The lowest BCUT2D eigenvalue weighted by Crippen LogP contribution is -2.44. The molecule has 6 heteroatoms. The Labute approximate surface area is 120 Å². The second kappa shape index (κ2) is 3.97. The minimum Gasteiger partial charge on any atom is -0.460 e. The Kier molecular flexibility index (Phi) is 2.85. The molecule has 1 heterocycles. The Morgan fingerprint density at radius 1 is 1.45 bits per heavy atom. The molecular formula is C14H22O5S. The first kappa shape index (κ1) is 14.3. The van der Waals surface area contributed by atoms with E-state index in [4.69, 9.17) is 8.92 Å². The van der Waals surface area contributed by atoms with Crippen molar-refractivity contribution in [2.75, 3.05) is 0 Å². The van der Waals surface area contributed by atoms with E-state index in [0.717, 1.165) is 6.42 Å². The van der Waals surface area contributed by atoms with Gasteiger partial charge in [0.2, 0.25) is 0 Å². The van der Waals surface area contributed by atoms with Crippen molar-refractivity contribution in [1.29, 1.82) is 0 Å². The standard InChI is InChI=1S/C14H22O5S/c1-5-13(2,3)12(15)18-10-8-6-9-11(10)20(16,17)19-14(9,4)7-8/h8-11H,5-7H2,1-4H3. The highest BCUT2D eigenvalue weighted by Gasteiger charge is 2.71. The summed E-state index contributed by atoms with van der Waals surface area (Å²) in [4.78, 5) is 12.2. The predicted molar refractivity (Wildman–Crippen MR) is 72.4 cm³/mol. The number of hydrogen-bond acceptors (Lipinski definition) is 5. The molecule has 2 aliphatic carbocycles. The third kappa shape index (κ3) is 1.77. The molecule has 0 radical (unpaired) electrons. The SMILES string of the molecule is CCC(C)(C)C(=O)OC1C2CC3C1S(=O)(=O)OC3(C)C2. The van der Waals surface area contributed by atoms with Crippen LogP contribution in [0.2, 0.25) is 0 Å². The van der Waals surface area contributed by atoms with Gasteiger partial charge in [0, 0.05) is 11.8 Å². The van der Waals surface area contributed by atoms with Crippen LogP contribution in [0, 0.1) is 17.3 Å². The zero-order chi connectivity index (χ0) is 14.9. The van der Waals surface area contributed by atoms with E-state index in [2.05, 4.69) is 0 Å². The van der Waals surface area contributed by atoms with Crippen LogP contribution in [0.4, 0.5) is 0 Å². The molecule has 0 N–H and O–H groups in total. The molecule has 1 aliphatic heterocycles. The second-order valence-corrected chi connectivity index (χ2v) is 8.96. The van der Waals surface area contributed by atoms with E-state index in [0.29, 0.717) is 12.8 Å². The maximum atomic E-state index is 12.2. The summed E-state index contributed by atoms with van der Waals surface area (Å²) in [6.45, 7) is 7.44. The average Bonchev–Trinajstić information content (AvgIpc) is 2.85. The van der Waals surface area contributed by atoms with Crippen molar-refractivity contribution in [3.63, 3.8) is 0 Å². The normalized spacial score (nSPS) is 44.8. The molecule has 0 amide bonds. The highest BCUT2D eigenvalue weighted by Crippen LogP contribution is 2.61. The first-order valence-corrected chi connectivity index (χ1v) is 8.73. The van der Waals surface area contributed by atoms with E-state index >= 15 is 0 Å². The topological polar surface area (TPSA) is 69.7 Å². The maximum absolute atomic E-state index is 12.2. The summed E-state index contributed by atoms with van der Waals surface area (Å²) < 4.78 is 35.3. The van der Waals surface area contributed by atoms with Crippen molar-refractivity contribution in [3.05, 3.63) is 0 Å².